The first-order valence-corrected chi connectivity index (χ1v) is 10.1. The van der Waals surface area contributed by atoms with Crippen molar-refractivity contribution in [3.8, 4) is 5.75 Å². The highest BCUT2D eigenvalue weighted by Crippen LogP contribution is 2.24. The van der Waals surface area contributed by atoms with Gasteiger partial charge in [-0.15, -0.1) is 13.2 Å². The number of alkyl halides is 3. The van der Waals surface area contributed by atoms with Crippen LogP contribution in [0.2, 0.25) is 0 Å². The molecule has 1 aromatic rings. The summed E-state index contributed by atoms with van der Waals surface area (Å²) in [6, 6.07) is 4.93. The van der Waals surface area contributed by atoms with Gasteiger partial charge in [0.2, 0.25) is 0 Å². The summed E-state index contributed by atoms with van der Waals surface area (Å²) < 4.78 is 45.9. The van der Waals surface area contributed by atoms with Crippen LogP contribution in [0.3, 0.4) is 0 Å². The van der Waals surface area contributed by atoms with Gasteiger partial charge in [-0.3, -0.25) is 0 Å². The van der Waals surface area contributed by atoms with Gasteiger partial charge < -0.3 is 24.6 Å². The van der Waals surface area contributed by atoms with Crippen LogP contribution in [-0.2, 0) is 4.74 Å². The van der Waals surface area contributed by atoms with Gasteiger partial charge in [-0.1, -0.05) is 0 Å². The van der Waals surface area contributed by atoms with Crippen LogP contribution in [0.5, 0.6) is 5.75 Å². The number of amides is 2. The number of urea groups is 1. The predicted molar refractivity (Wildman–Crippen MR) is 103 cm³/mol. The van der Waals surface area contributed by atoms with Crippen LogP contribution >= 0.6 is 0 Å². The Balaban J connectivity index is 1.43. The normalized spacial score (nSPS) is 19.6. The molecule has 6 nitrogen and oxygen atoms in total. The number of carbonyl (C=O) groups is 1. The molecule has 2 amide bonds. The number of carbonyl (C=O) groups excluding carboxylic acids is 1. The van der Waals surface area contributed by atoms with E-state index in [4.69, 9.17) is 4.74 Å². The van der Waals surface area contributed by atoms with Crippen molar-refractivity contribution >= 4 is 11.7 Å². The molecule has 0 radical (unpaired) electrons. The van der Waals surface area contributed by atoms with Crippen LogP contribution in [0.15, 0.2) is 24.3 Å². The molecule has 0 aromatic heterocycles. The summed E-state index contributed by atoms with van der Waals surface area (Å²) in [6.07, 6.45) is -0.390. The molecule has 1 aromatic carbocycles. The van der Waals surface area contributed by atoms with E-state index in [9.17, 15) is 18.0 Å². The molecule has 2 aliphatic rings. The van der Waals surface area contributed by atoms with Crippen molar-refractivity contribution in [3.05, 3.63) is 24.3 Å². The second-order valence-corrected chi connectivity index (χ2v) is 7.53. The van der Waals surface area contributed by atoms with Gasteiger partial charge in [-0.05, 0) is 69.0 Å². The molecule has 0 atom stereocenters. The Morgan fingerprint density at radius 1 is 1.10 bits per heavy atom. The SMILES string of the molecule is O=C(Nc1ccc(OC(F)(F)F)cc1)N1CCCN(CCC2CCOCC2)CC1. The minimum atomic E-state index is -4.73. The van der Waals surface area contributed by atoms with E-state index in [2.05, 4.69) is 15.0 Å². The second kappa shape index (κ2) is 10.2. The number of anilines is 1. The Bertz CT molecular complexity index is 649. The molecule has 162 valence electrons. The highest BCUT2D eigenvalue weighted by atomic mass is 19.4. The molecule has 0 saturated carbocycles. The van der Waals surface area contributed by atoms with Crippen LogP contribution in [0, 0.1) is 5.92 Å². The molecule has 2 heterocycles. The average Bonchev–Trinajstić information content (AvgIpc) is 2.93. The summed E-state index contributed by atoms with van der Waals surface area (Å²) >= 11 is 0. The summed E-state index contributed by atoms with van der Waals surface area (Å²) in [5.74, 6) is 0.418. The number of hydrogen-bond donors (Lipinski definition) is 1. The van der Waals surface area contributed by atoms with Gasteiger partial charge in [0, 0.05) is 38.5 Å². The third-order valence-electron chi connectivity index (χ3n) is 5.41. The fourth-order valence-electron chi connectivity index (χ4n) is 3.74. The number of benzene rings is 1. The summed E-state index contributed by atoms with van der Waals surface area (Å²) in [5.41, 5.74) is 0.435. The maximum absolute atomic E-state index is 12.5. The summed E-state index contributed by atoms with van der Waals surface area (Å²) in [6.45, 7) is 5.86. The third-order valence-corrected chi connectivity index (χ3v) is 5.41. The zero-order valence-corrected chi connectivity index (χ0v) is 16.4. The lowest BCUT2D eigenvalue weighted by Gasteiger charge is -2.26. The van der Waals surface area contributed by atoms with Crippen molar-refractivity contribution < 1.29 is 27.4 Å². The van der Waals surface area contributed by atoms with Crippen LogP contribution in [0.25, 0.3) is 0 Å². The fourth-order valence-corrected chi connectivity index (χ4v) is 3.74. The van der Waals surface area contributed by atoms with E-state index in [1.165, 1.54) is 30.7 Å². The van der Waals surface area contributed by atoms with Gasteiger partial charge in [0.1, 0.15) is 5.75 Å². The van der Waals surface area contributed by atoms with Crippen molar-refractivity contribution in [1.82, 2.24) is 9.80 Å². The Kier molecular flexibility index (Phi) is 7.60. The first kappa shape index (κ1) is 21.7. The smallest absolute Gasteiger partial charge is 0.406 e. The number of ether oxygens (including phenoxy) is 2. The molecule has 0 spiro atoms. The van der Waals surface area contributed by atoms with E-state index >= 15 is 0 Å². The Morgan fingerprint density at radius 2 is 1.83 bits per heavy atom. The summed E-state index contributed by atoms with van der Waals surface area (Å²) in [7, 11) is 0. The standard InChI is InChI=1S/C20H28F3N3O3/c21-20(22,23)29-18-4-2-17(3-5-18)24-19(27)26-10-1-9-25(12-13-26)11-6-16-7-14-28-15-8-16/h2-5,16H,1,6-15H2,(H,24,27). The number of nitrogens with zero attached hydrogens (tertiary/aromatic N) is 2. The zero-order chi connectivity index (χ0) is 20.7. The number of rotatable bonds is 5. The maximum Gasteiger partial charge on any atom is 0.573 e. The van der Waals surface area contributed by atoms with Gasteiger partial charge in [-0.2, -0.15) is 0 Å². The molecule has 0 bridgehead atoms. The van der Waals surface area contributed by atoms with E-state index in [0.717, 1.165) is 58.0 Å². The van der Waals surface area contributed by atoms with E-state index < -0.39 is 6.36 Å². The van der Waals surface area contributed by atoms with Crippen molar-refractivity contribution in [2.24, 2.45) is 5.92 Å². The van der Waals surface area contributed by atoms with Gasteiger partial charge >= 0.3 is 12.4 Å². The van der Waals surface area contributed by atoms with Crippen LogP contribution in [-0.4, -0.2) is 68.1 Å². The molecule has 1 N–H and O–H groups in total. The lowest BCUT2D eigenvalue weighted by molar-refractivity contribution is -0.274. The van der Waals surface area contributed by atoms with E-state index in [-0.39, 0.29) is 11.8 Å². The maximum atomic E-state index is 12.5. The van der Waals surface area contributed by atoms with Gasteiger partial charge in [0.25, 0.3) is 0 Å². The first-order valence-electron chi connectivity index (χ1n) is 10.1. The van der Waals surface area contributed by atoms with Crippen LogP contribution < -0.4 is 10.1 Å². The van der Waals surface area contributed by atoms with Crippen molar-refractivity contribution in [1.29, 1.82) is 0 Å². The number of nitrogens with one attached hydrogen (secondary N) is 1. The molecule has 3 rings (SSSR count). The summed E-state index contributed by atoms with van der Waals surface area (Å²) in [4.78, 5) is 16.7. The van der Waals surface area contributed by atoms with Crippen molar-refractivity contribution in [3.63, 3.8) is 0 Å². The average molecular weight is 415 g/mol. The predicted octanol–water partition coefficient (Wildman–Crippen LogP) is 3.94. The summed E-state index contributed by atoms with van der Waals surface area (Å²) in [5, 5.41) is 2.75. The molecule has 2 fully saturated rings. The number of halogens is 3. The largest absolute Gasteiger partial charge is 0.573 e. The fraction of sp³-hybridized carbons (Fsp3) is 0.650. The minimum absolute atomic E-state index is 0.235. The molecule has 9 heteroatoms. The molecule has 2 aliphatic heterocycles. The third kappa shape index (κ3) is 7.40. The Labute approximate surface area is 168 Å². The van der Waals surface area contributed by atoms with Gasteiger partial charge in [-0.25, -0.2) is 4.79 Å². The molecule has 0 aliphatic carbocycles. The van der Waals surface area contributed by atoms with Crippen molar-refractivity contribution in [2.75, 3.05) is 51.3 Å². The quantitative estimate of drug-likeness (QED) is 0.792. The van der Waals surface area contributed by atoms with E-state index in [0.29, 0.717) is 18.8 Å². The highest BCUT2D eigenvalue weighted by molar-refractivity contribution is 5.89. The lowest BCUT2D eigenvalue weighted by Crippen LogP contribution is -2.38. The van der Waals surface area contributed by atoms with E-state index in [1.54, 1.807) is 4.90 Å². The van der Waals surface area contributed by atoms with E-state index in [1.807, 2.05) is 0 Å². The van der Waals surface area contributed by atoms with Crippen LogP contribution in [0.4, 0.5) is 23.7 Å². The highest BCUT2D eigenvalue weighted by Gasteiger charge is 2.31. The second-order valence-electron chi connectivity index (χ2n) is 7.53. The Morgan fingerprint density at radius 3 is 2.52 bits per heavy atom. The number of hydrogen-bond acceptors (Lipinski definition) is 4. The molecule has 29 heavy (non-hydrogen) atoms. The monoisotopic (exact) mass is 415 g/mol. The molecular weight excluding hydrogens is 387 g/mol. The molecule has 0 unspecified atom stereocenters. The first-order chi connectivity index (χ1) is 13.9. The van der Waals surface area contributed by atoms with Gasteiger partial charge in [0.05, 0.1) is 0 Å². The van der Waals surface area contributed by atoms with Crippen molar-refractivity contribution in [2.45, 2.75) is 32.0 Å². The topological polar surface area (TPSA) is 54.0 Å². The minimum Gasteiger partial charge on any atom is -0.406 e. The molecule has 2 saturated heterocycles. The van der Waals surface area contributed by atoms with Gasteiger partial charge in [0.15, 0.2) is 0 Å². The lowest BCUT2D eigenvalue weighted by atomic mass is 9.96. The molecular formula is C20H28F3N3O3. The van der Waals surface area contributed by atoms with Crippen LogP contribution in [0.1, 0.15) is 25.7 Å². The Hall–Kier alpha value is -2.00. The zero-order valence-electron chi connectivity index (χ0n) is 16.4.